The van der Waals surface area contributed by atoms with E-state index >= 15 is 0 Å². The number of hydrogen-bond acceptors (Lipinski definition) is 7. The number of nitrogens with zero attached hydrogens (tertiary/aromatic N) is 6. The van der Waals surface area contributed by atoms with Crippen LogP contribution in [0.15, 0.2) is 28.7 Å². The summed E-state index contributed by atoms with van der Waals surface area (Å²) < 4.78 is 7.51. The third-order valence-corrected chi connectivity index (χ3v) is 6.75. The van der Waals surface area contributed by atoms with Gasteiger partial charge in [0.05, 0.1) is 12.2 Å². The molecule has 9 heteroatoms. The number of rotatable bonds is 6. The van der Waals surface area contributed by atoms with Crippen molar-refractivity contribution in [2.75, 3.05) is 38.0 Å². The van der Waals surface area contributed by atoms with E-state index in [2.05, 4.69) is 30.2 Å². The summed E-state index contributed by atoms with van der Waals surface area (Å²) in [5.74, 6) is 2.71. The molecule has 0 atom stereocenters. The first kappa shape index (κ1) is 22.7. The highest BCUT2D eigenvalue weighted by molar-refractivity contribution is 5.91. The van der Waals surface area contributed by atoms with E-state index in [1.807, 2.05) is 39.0 Å². The van der Waals surface area contributed by atoms with E-state index in [0.717, 1.165) is 43.1 Å². The second kappa shape index (κ2) is 9.68. The van der Waals surface area contributed by atoms with Gasteiger partial charge in [-0.05, 0) is 77.7 Å². The molecule has 0 aliphatic carbocycles. The molecule has 1 N–H and O–H groups in total. The first-order valence-corrected chi connectivity index (χ1v) is 12.2. The Bertz CT molecular complexity index is 1150. The largest absolute Gasteiger partial charge is 0.458 e. The molecular formula is C25H33N7O2. The first-order valence-electron chi connectivity index (χ1n) is 12.2. The Morgan fingerprint density at radius 1 is 1.06 bits per heavy atom. The van der Waals surface area contributed by atoms with Crippen LogP contribution in [0.1, 0.15) is 42.8 Å². The van der Waals surface area contributed by atoms with Gasteiger partial charge in [0.15, 0.2) is 17.4 Å². The fourth-order valence-electron chi connectivity index (χ4n) is 5.07. The molecule has 9 nitrogen and oxygen atoms in total. The molecule has 34 heavy (non-hydrogen) atoms. The predicted molar refractivity (Wildman–Crippen MR) is 130 cm³/mol. The van der Waals surface area contributed by atoms with Crippen molar-refractivity contribution in [3.8, 4) is 17.4 Å². The second-order valence-electron chi connectivity index (χ2n) is 9.48. The highest BCUT2D eigenvalue weighted by atomic mass is 16.3. The van der Waals surface area contributed by atoms with Gasteiger partial charge in [-0.1, -0.05) is 0 Å². The highest BCUT2D eigenvalue weighted by Crippen LogP contribution is 2.24. The summed E-state index contributed by atoms with van der Waals surface area (Å²) in [5, 5.41) is 7.53. The number of carbonyl (C=O) groups excluding carboxylic acids is 1. The lowest BCUT2D eigenvalue weighted by Gasteiger charge is -2.36. The lowest BCUT2D eigenvalue weighted by Crippen LogP contribution is -2.45. The highest BCUT2D eigenvalue weighted by Gasteiger charge is 2.27. The maximum Gasteiger partial charge on any atom is 0.239 e. The van der Waals surface area contributed by atoms with Gasteiger partial charge in [0.1, 0.15) is 11.6 Å². The number of likely N-dealkylation sites (tertiary alicyclic amines) is 2. The molecule has 2 aliphatic heterocycles. The zero-order chi connectivity index (χ0) is 23.7. The maximum absolute atomic E-state index is 12.9. The van der Waals surface area contributed by atoms with Crippen LogP contribution in [-0.2, 0) is 4.79 Å². The van der Waals surface area contributed by atoms with Gasteiger partial charge in [0.25, 0.3) is 0 Å². The topological polar surface area (TPSA) is 92.3 Å². The van der Waals surface area contributed by atoms with Gasteiger partial charge in [-0.15, -0.1) is 0 Å². The Labute approximate surface area is 200 Å². The first-order chi connectivity index (χ1) is 16.4. The molecule has 180 valence electrons. The summed E-state index contributed by atoms with van der Waals surface area (Å²) in [6, 6.07) is 8.13. The molecule has 0 saturated carbocycles. The molecule has 2 saturated heterocycles. The van der Waals surface area contributed by atoms with Gasteiger partial charge in [0, 0.05) is 30.9 Å². The molecule has 0 unspecified atom stereocenters. The Kier molecular flexibility index (Phi) is 6.47. The smallest absolute Gasteiger partial charge is 0.239 e. The molecule has 2 fully saturated rings. The Morgan fingerprint density at radius 3 is 2.47 bits per heavy atom. The van der Waals surface area contributed by atoms with Gasteiger partial charge in [-0.3, -0.25) is 9.69 Å². The molecule has 1 amide bonds. The van der Waals surface area contributed by atoms with Gasteiger partial charge in [0.2, 0.25) is 5.91 Å². The van der Waals surface area contributed by atoms with Crippen molar-refractivity contribution in [2.24, 2.45) is 0 Å². The molecule has 3 aromatic heterocycles. The number of carbonyl (C=O) groups is 1. The van der Waals surface area contributed by atoms with Crippen LogP contribution >= 0.6 is 0 Å². The van der Waals surface area contributed by atoms with Crippen molar-refractivity contribution in [1.82, 2.24) is 29.5 Å². The number of aromatic nitrogens is 4. The third-order valence-electron chi connectivity index (χ3n) is 6.75. The Balaban J connectivity index is 1.30. The molecule has 3 aromatic rings. The van der Waals surface area contributed by atoms with Crippen LogP contribution in [0.5, 0.6) is 0 Å². The lowest BCUT2D eigenvalue weighted by atomic mass is 10.0. The van der Waals surface area contributed by atoms with Crippen molar-refractivity contribution in [2.45, 2.75) is 52.5 Å². The monoisotopic (exact) mass is 463 g/mol. The average molecular weight is 464 g/mol. The van der Waals surface area contributed by atoms with E-state index in [9.17, 15) is 4.79 Å². The van der Waals surface area contributed by atoms with Crippen LogP contribution in [0.3, 0.4) is 0 Å². The minimum atomic E-state index is -0.0702. The molecule has 0 bridgehead atoms. The van der Waals surface area contributed by atoms with Crippen molar-refractivity contribution in [3.63, 3.8) is 0 Å². The molecule has 0 spiro atoms. The average Bonchev–Trinajstić information content (AvgIpc) is 3.56. The zero-order valence-corrected chi connectivity index (χ0v) is 20.3. The second-order valence-corrected chi connectivity index (χ2v) is 9.48. The molecule has 5 rings (SSSR count). The number of aryl methyl sites for hydroxylation is 3. The fraction of sp³-hybridized carbons (Fsp3) is 0.520. The van der Waals surface area contributed by atoms with E-state index in [1.165, 1.54) is 25.9 Å². The quantitative estimate of drug-likeness (QED) is 0.599. The summed E-state index contributed by atoms with van der Waals surface area (Å²) in [7, 11) is 0. The zero-order valence-electron chi connectivity index (χ0n) is 20.3. The molecule has 0 radical (unpaired) electrons. The predicted octanol–water partition coefficient (Wildman–Crippen LogP) is 3.35. The molecular weight excluding hydrogens is 430 g/mol. The Morgan fingerprint density at radius 2 is 1.82 bits per heavy atom. The van der Waals surface area contributed by atoms with Crippen molar-refractivity contribution in [1.29, 1.82) is 0 Å². The number of anilines is 1. The van der Waals surface area contributed by atoms with E-state index in [-0.39, 0.29) is 5.91 Å². The van der Waals surface area contributed by atoms with E-state index < -0.39 is 0 Å². The SMILES string of the molecule is Cc1cc(C)n(-c2cc(NC(=O)CN3CCC(N4CCCC4)CC3)nc(-c3ccc(C)o3)n2)n1. The minimum Gasteiger partial charge on any atom is -0.458 e. The van der Waals surface area contributed by atoms with Crippen molar-refractivity contribution < 1.29 is 9.21 Å². The summed E-state index contributed by atoms with van der Waals surface area (Å²) in [6.45, 7) is 10.5. The van der Waals surface area contributed by atoms with E-state index in [0.29, 0.717) is 35.8 Å². The number of furan rings is 1. The summed E-state index contributed by atoms with van der Waals surface area (Å²) >= 11 is 0. The van der Waals surface area contributed by atoms with E-state index in [4.69, 9.17) is 4.42 Å². The van der Waals surface area contributed by atoms with Crippen LogP contribution in [0.25, 0.3) is 17.4 Å². The van der Waals surface area contributed by atoms with Gasteiger partial charge >= 0.3 is 0 Å². The number of amides is 1. The van der Waals surface area contributed by atoms with Crippen LogP contribution in [0.4, 0.5) is 5.82 Å². The fourth-order valence-corrected chi connectivity index (χ4v) is 5.07. The molecule has 0 aromatic carbocycles. The number of nitrogens with one attached hydrogen (secondary N) is 1. The summed E-state index contributed by atoms with van der Waals surface area (Å²) in [6.07, 6.45) is 4.90. The van der Waals surface area contributed by atoms with Crippen molar-refractivity contribution >= 4 is 11.7 Å². The normalized spacial score (nSPS) is 18.0. The minimum absolute atomic E-state index is 0.0702. The molecule has 2 aliphatic rings. The van der Waals surface area contributed by atoms with Crippen LogP contribution < -0.4 is 5.32 Å². The summed E-state index contributed by atoms with van der Waals surface area (Å²) in [4.78, 5) is 27.0. The number of hydrogen-bond donors (Lipinski definition) is 1. The lowest BCUT2D eigenvalue weighted by molar-refractivity contribution is -0.117. The maximum atomic E-state index is 12.9. The Hall–Kier alpha value is -3.04. The molecule has 5 heterocycles. The number of piperidine rings is 1. The van der Waals surface area contributed by atoms with E-state index in [1.54, 1.807) is 10.7 Å². The van der Waals surface area contributed by atoms with Crippen LogP contribution in [0, 0.1) is 20.8 Å². The van der Waals surface area contributed by atoms with Crippen LogP contribution in [-0.4, -0.2) is 74.2 Å². The van der Waals surface area contributed by atoms with Crippen LogP contribution in [0.2, 0.25) is 0 Å². The third kappa shape index (κ3) is 5.05. The standard InChI is InChI=1S/C25H33N7O2/c1-17-14-18(2)32(29-17)23-15-22(27-25(28-23)21-7-6-19(3)34-21)26-24(33)16-30-12-8-20(9-13-30)31-10-4-5-11-31/h6-7,14-15,20H,4-5,8-13,16H2,1-3H3,(H,26,27,28,33). The van der Waals surface area contributed by atoms with Gasteiger partial charge < -0.3 is 14.6 Å². The van der Waals surface area contributed by atoms with Crippen molar-refractivity contribution in [3.05, 3.63) is 41.4 Å². The van der Waals surface area contributed by atoms with Gasteiger partial charge in [-0.2, -0.15) is 5.10 Å². The summed E-state index contributed by atoms with van der Waals surface area (Å²) in [5.41, 5.74) is 1.85. The van der Waals surface area contributed by atoms with Gasteiger partial charge in [-0.25, -0.2) is 14.6 Å².